The first-order chi connectivity index (χ1) is 13.7. The van der Waals surface area contributed by atoms with Crippen LogP contribution in [0.15, 0.2) is 67.3 Å². The first kappa shape index (κ1) is 16.6. The molecule has 4 aromatic rings. The van der Waals surface area contributed by atoms with E-state index >= 15 is 0 Å². The lowest BCUT2D eigenvalue weighted by Gasteiger charge is -2.09. The summed E-state index contributed by atoms with van der Waals surface area (Å²) in [5.41, 5.74) is 6.16. The van der Waals surface area contributed by atoms with Crippen LogP contribution in [-0.4, -0.2) is 25.7 Å². The number of carbonyl (C=O) groups excluding carboxylic acids is 1. The van der Waals surface area contributed by atoms with Crippen molar-refractivity contribution < 1.29 is 4.79 Å². The Bertz CT molecular complexity index is 1170. The molecule has 28 heavy (non-hydrogen) atoms. The number of anilines is 1. The molecule has 136 valence electrons. The molecule has 0 saturated heterocycles. The summed E-state index contributed by atoms with van der Waals surface area (Å²) >= 11 is 6.39. The Hall–Kier alpha value is -3.51. The van der Waals surface area contributed by atoms with Crippen LogP contribution >= 0.6 is 11.6 Å². The fourth-order valence-corrected chi connectivity index (χ4v) is 3.55. The third-order valence-electron chi connectivity index (χ3n) is 4.70. The van der Waals surface area contributed by atoms with Crippen molar-refractivity contribution in [2.45, 2.75) is 6.42 Å². The summed E-state index contributed by atoms with van der Waals surface area (Å²) in [6.07, 6.45) is 3.46. The number of fused-ring (bicyclic) bond motifs is 1. The van der Waals surface area contributed by atoms with Gasteiger partial charge >= 0.3 is 0 Å². The molecule has 2 aromatic heterocycles. The van der Waals surface area contributed by atoms with E-state index in [2.05, 4.69) is 20.4 Å². The van der Waals surface area contributed by atoms with Gasteiger partial charge in [-0.15, -0.1) is 0 Å². The summed E-state index contributed by atoms with van der Waals surface area (Å²) in [4.78, 5) is 20.1. The number of benzene rings is 2. The van der Waals surface area contributed by atoms with Crippen molar-refractivity contribution in [2.75, 3.05) is 5.32 Å². The first-order valence-corrected chi connectivity index (χ1v) is 9.10. The van der Waals surface area contributed by atoms with Gasteiger partial charge in [-0.2, -0.15) is 5.10 Å². The molecule has 0 unspecified atom stereocenters. The highest BCUT2D eigenvalue weighted by Crippen LogP contribution is 2.33. The Balaban J connectivity index is 1.44. The number of hydrogen-bond acceptors (Lipinski definition) is 4. The molecule has 6 nitrogen and oxygen atoms in total. The zero-order chi connectivity index (χ0) is 19.1. The first-order valence-electron chi connectivity index (χ1n) is 8.72. The van der Waals surface area contributed by atoms with E-state index in [1.807, 2.05) is 48.5 Å². The number of nitrogens with zero attached hydrogens (tertiary/aromatic N) is 4. The van der Waals surface area contributed by atoms with Crippen molar-refractivity contribution >= 4 is 23.2 Å². The van der Waals surface area contributed by atoms with E-state index in [1.54, 1.807) is 17.1 Å². The highest BCUT2D eigenvalue weighted by atomic mass is 35.5. The molecule has 0 atom stereocenters. The molecule has 1 aliphatic rings. The van der Waals surface area contributed by atoms with Crippen LogP contribution in [-0.2, 0) is 11.2 Å². The van der Waals surface area contributed by atoms with Crippen molar-refractivity contribution in [3.63, 3.8) is 0 Å². The monoisotopic (exact) mass is 387 g/mol. The SMILES string of the molecule is O=C1Cc2nc(-c3ccc(-c4ccc(-n5cncn5)cc4)cc3)c(Cl)cc2N1. The molecule has 0 fully saturated rings. The number of amides is 1. The van der Waals surface area contributed by atoms with Gasteiger partial charge in [0.2, 0.25) is 5.91 Å². The fraction of sp³-hybridized carbons (Fsp3) is 0.0476. The Morgan fingerprint density at radius 1 is 0.964 bits per heavy atom. The largest absolute Gasteiger partial charge is 0.324 e. The molecule has 1 aliphatic heterocycles. The van der Waals surface area contributed by atoms with E-state index < -0.39 is 0 Å². The quantitative estimate of drug-likeness (QED) is 0.573. The fourth-order valence-electron chi connectivity index (χ4n) is 3.29. The van der Waals surface area contributed by atoms with Crippen molar-refractivity contribution in [1.82, 2.24) is 19.7 Å². The number of halogens is 1. The number of aromatic nitrogens is 4. The average molecular weight is 388 g/mol. The molecule has 0 radical (unpaired) electrons. The second kappa shape index (κ2) is 6.58. The molecular formula is C21H14ClN5O. The van der Waals surface area contributed by atoms with Crippen LogP contribution in [0.5, 0.6) is 0 Å². The molecule has 0 bridgehead atoms. The van der Waals surface area contributed by atoms with Gasteiger partial charge in [0.05, 0.1) is 34.2 Å². The predicted molar refractivity (Wildman–Crippen MR) is 107 cm³/mol. The highest BCUT2D eigenvalue weighted by molar-refractivity contribution is 6.33. The summed E-state index contributed by atoms with van der Waals surface area (Å²) < 4.78 is 1.72. The molecule has 0 aliphatic carbocycles. The summed E-state index contributed by atoms with van der Waals surface area (Å²) in [5.74, 6) is -0.0552. The molecule has 0 saturated carbocycles. The molecule has 3 heterocycles. The lowest BCUT2D eigenvalue weighted by atomic mass is 10.0. The minimum absolute atomic E-state index is 0.0552. The van der Waals surface area contributed by atoms with Gasteiger partial charge in [-0.05, 0) is 29.3 Å². The van der Waals surface area contributed by atoms with E-state index in [4.69, 9.17) is 11.6 Å². The highest BCUT2D eigenvalue weighted by Gasteiger charge is 2.21. The van der Waals surface area contributed by atoms with Gasteiger partial charge in [-0.3, -0.25) is 4.79 Å². The summed E-state index contributed by atoms with van der Waals surface area (Å²) in [5, 5.41) is 7.42. The van der Waals surface area contributed by atoms with Crippen LogP contribution in [0.2, 0.25) is 5.02 Å². The Morgan fingerprint density at radius 2 is 1.64 bits per heavy atom. The lowest BCUT2D eigenvalue weighted by Crippen LogP contribution is -2.03. The van der Waals surface area contributed by atoms with E-state index in [9.17, 15) is 4.79 Å². The van der Waals surface area contributed by atoms with Gasteiger partial charge in [-0.25, -0.2) is 14.6 Å². The molecule has 0 spiro atoms. The number of rotatable bonds is 3. The van der Waals surface area contributed by atoms with Gasteiger partial charge < -0.3 is 5.32 Å². The number of pyridine rings is 1. The zero-order valence-electron chi connectivity index (χ0n) is 14.6. The molecule has 2 aromatic carbocycles. The van der Waals surface area contributed by atoms with Gasteiger partial charge in [0, 0.05) is 5.56 Å². The van der Waals surface area contributed by atoms with Crippen molar-refractivity contribution in [3.8, 4) is 28.1 Å². The van der Waals surface area contributed by atoms with Crippen molar-refractivity contribution in [2.24, 2.45) is 0 Å². The van der Waals surface area contributed by atoms with E-state index in [0.717, 1.165) is 28.1 Å². The van der Waals surface area contributed by atoms with Crippen molar-refractivity contribution in [1.29, 1.82) is 0 Å². The summed E-state index contributed by atoms with van der Waals surface area (Å²) in [7, 11) is 0. The van der Waals surface area contributed by atoms with Gasteiger partial charge in [0.25, 0.3) is 0 Å². The molecule has 7 heteroatoms. The standard InChI is InChI=1S/C21H14ClN5O/c22-17-9-18-19(10-20(28)25-18)26-21(17)15-3-1-13(2-4-15)14-5-7-16(8-6-14)27-12-23-11-24-27/h1-9,11-12H,10H2,(H,25,28). The number of nitrogens with one attached hydrogen (secondary N) is 1. The zero-order valence-corrected chi connectivity index (χ0v) is 15.4. The van der Waals surface area contributed by atoms with Gasteiger partial charge in [-0.1, -0.05) is 48.0 Å². The molecule has 1 N–H and O–H groups in total. The third-order valence-corrected chi connectivity index (χ3v) is 4.99. The topological polar surface area (TPSA) is 72.7 Å². The number of carbonyl (C=O) groups is 1. The van der Waals surface area contributed by atoms with Crippen LogP contribution in [0.25, 0.3) is 28.1 Å². The molecular weight excluding hydrogens is 374 g/mol. The minimum Gasteiger partial charge on any atom is -0.324 e. The maximum Gasteiger partial charge on any atom is 0.230 e. The second-order valence-electron chi connectivity index (χ2n) is 6.50. The van der Waals surface area contributed by atoms with Gasteiger partial charge in [0.1, 0.15) is 12.7 Å². The Labute approximate surface area is 165 Å². The predicted octanol–water partition coefficient (Wildman–Crippen LogP) is 4.14. The minimum atomic E-state index is -0.0552. The van der Waals surface area contributed by atoms with E-state index in [1.165, 1.54) is 6.33 Å². The van der Waals surface area contributed by atoms with Gasteiger partial charge in [0.15, 0.2) is 0 Å². The second-order valence-corrected chi connectivity index (χ2v) is 6.91. The van der Waals surface area contributed by atoms with Crippen LogP contribution in [0.1, 0.15) is 5.69 Å². The molecule has 1 amide bonds. The smallest absolute Gasteiger partial charge is 0.230 e. The maximum absolute atomic E-state index is 11.6. The van der Waals surface area contributed by atoms with E-state index in [-0.39, 0.29) is 12.3 Å². The van der Waals surface area contributed by atoms with Crippen LogP contribution in [0.3, 0.4) is 0 Å². The number of hydrogen-bond donors (Lipinski definition) is 1. The third kappa shape index (κ3) is 2.93. The van der Waals surface area contributed by atoms with Crippen LogP contribution in [0, 0.1) is 0 Å². The summed E-state index contributed by atoms with van der Waals surface area (Å²) in [6.45, 7) is 0. The maximum atomic E-state index is 11.6. The normalized spacial score (nSPS) is 12.7. The summed E-state index contributed by atoms with van der Waals surface area (Å²) in [6, 6.07) is 17.9. The van der Waals surface area contributed by atoms with E-state index in [0.29, 0.717) is 16.4 Å². The van der Waals surface area contributed by atoms with Crippen LogP contribution in [0.4, 0.5) is 5.69 Å². The lowest BCUT2D eigenvalue weighted by molar-refractivity contribution is -0.115. The molecule has 5 rings (SSSR count). The Kier molecular flexibility index (Phi) is 3.91. The van der Waals surface area contributed by atoms with Crippen LogP contribution < -0.4 is 5.32 Å². The average Bonchev–Trinajstić information content (AvgIpc) is 3.37. The Morgan fingerprint density at radius 3 is 2.32 bits per heavy atom. The van der Waals surface area contributed by atoms with Crippen molar-refractivity contribution in [3.05, 3.63) is 78.0 Å².